The van der Waals surface area contributed by atoms with Gasteiger partial charge in [-0.1, -0.05) is 12.1 Å². The Labute approximate surface area is 80.9 Å². The SMILES string of the molecule is COc1cccc(-c2occc2F)c1. The van der Waals surface area contributed by atoms with Gasteiger partial charge in [0.15, 0.2) is 11.6 Å². The van der Waals surface area contributed by atoms with Crippen LogP contribution in [0.1, 0.15) is 0 Å². The normalized spacial score (nSPS) is 10.1. The fourth-order valence-electron chi connectivity index (χ4n) is 1.26. The van der Waals surface area contributed by atoms with Crippen molar-refractivity contribution in [2.45, 2.75) is 0 Å². The summed E-state index contributed by atoms with van der Waals surface area (Å²) in [5.74, 6) is 0.556. The standard InChI is InChI=1S/C11H9FO2/c1-13-9-4-2-3-8(7-9)11-10(12)5-6-14-11/h2-7H,1H3. The molecule has 2 aromatic rings. The predicted octanol–water partition coefficient (Wildman–Crippen LogP) is 3.09. The van der Waals surface area contributed by atoms with Crippen LogP contribution in [0.5, 0.6) is 5.75 Å². The Balaban J connectivity index is 2.47. The van der Waals surface area contributed by atoms with Gasteiger partial charge in [0.2, 0.25) is 0 Å². The summed E-state index contributed by atoms with van der Waals surface area (Å²) in [4.78, 5) is 0. The Morgan fingerprint density at radius 2 is 2.14 bits per heavy atom. The van der Waals surface area contributed by atoms with E-state index in [0.717, 1.165) is 0 Å². The zero-order valence-electron chi connectivity index (χ0n) is 7.66. The zero-order chi connectivity index (χ0) is 9.97. The molecule has 0 radical (unpaired) electrons. The van der Waals surface area contributed by atoms with Crippen LogP contribution in [0.2, 0.25) is 0 Å². The number of furan rings is 1. The lowest BCUT2D eigenvalue weighted by Crippen LogP contribution is -1.83. The molecule has 0 N–H and O–H groups in total. The Bertz CT molecular complexity index is 434. The Morgan fingerprint density at radius 1 is 1.29 bits per heavy atom. The first-order valence-electron chi connectivity index (χ1n) is 4.18. The minimum absolute atomic E-state index is 0.240. The second-order valence-electron chi connectivity index (χ2n) is 2.83. The van der Waals surface area contributed by atoms with Crippen molar-refractivity contribution in [1.82, 2.24) is 0 Å². The second kappa shape index (κ2) is 3.54. The van der Waals surface area contributed by atoms with Gasteiger partial charge in [-0.15, -0.1) is 0 Å². The van der Waals surface area contributed by atoms with E-state index in [1.54, 1.807) is 31.4 Å². The van der Waals surface area contributed by atoms with Gasteiger partial charge in [-0.2, -0.15) is 0 Å². The Hall–Kier alpha value is -1.77. The number of benzene rings is 1. The average molecular weight is 192 g/mol. The number of rotatable bonds is 2. The van der Waals surface area contributed by atoms with Gasteiger partial charge in [0, 0.05) is 11.6 Å². The molecule has 72 valence electrons. The highest BCUT2D eigenvalue weighted by Gasteiger charge is 2.08. The summed E-state index contributed by atoms with van der Waals surface area (Å²) in [6.07, 6.45) is 1.32. The molecule has 0 unspecified atom stereocenters. The topological polar surface area (TPSA) is 22.4 Å². The van der Waals surface area contributed by atoms with Gasteiger partial charge in [0.1, 0.15) is 5.75 Å². The molecule has 2 nitrogen and oxygen atoms in total. The molecule has 1 aromatic carbocycles. The van der Waals surface area contributed by atoms with E-state index in [1.165, 1.54) is 12.3 Å². The molecule has 3 heteroatoms. The van der Waals surface area contributed by atoms with E-state index in [1.807, 2.05) is 0 Å². The second-order valence-corrected chi connectivity index (χ2v) is 2.83. The average Bonchev–Trinajstić information content (AvgIpc) is 2.65. The molecule has 0 saturated heterocycles. The third-order valence-corrected chi connectivity index (χ3v) is 1.95. The van der Waals surface area contributed by atoms with E-state index in [4.69, 9.17) is 9.15 Å². The molecule has 2 rings (SSSR count). The summed E-state index contributed by atoms with van der Waals surface area (Å²) < 4.78 is 23.2. The van der Waals surface area contributed by atoms with Crippen molar-refractivity contribution in [2.75, 3.05) is 7.11 Å². The molecule has 0 bridgehead atoms. The Morgan fingerprint density at radius 3 is 2.79 bits per heavy atom. The van der Waals surface area contributed by atoms with Crippen molar-refractivity contribution in [3.63, 3.8) is 0 Å². The van der Waals surface area contributed by atoms with E-state index in [-0.39, 0.29) is 11.6 Å². The van der Waals surface area contributed by atoms with Crippen molar-refractivity contribution >= 4 is 0 Å². The first-order valence-corrected chi connectivity index (χ1v) is 4.18. The van der Waals surface area contributed by atoms with Crippen LogP contribution in [-0.2, 0) is 0 Å². The van der Waals surface area contributed by atoms with E-state index >= 15 is 0 Å². The molecule has 0 amide bonds. The largest absolute Gasteiger partial charge is 0.497 e. The molecule has 0 aliphatic heterocycles. The van der Waals surface area contributed by atoms with E-state index in [9.17, 15) is 4.39 Å². The maximum absolute atomic E-state index is 13.1. The first-order chi connectivity index (χ1) is 6.81. The molecule has 1 heterocycles. The molecule has 0 aliphatic carbocycles. The third kappa shape index (κ3) is 1.48. The van der Waals surface area contributed by atoms with Gasteiger partial charge in [0.05, 0.1) is 13.4 Å². The third-order valence-electron chi connectivity index (χ3n) is 1.95. The number of hydrogen-bond acceptors (Lipinski definition) is 2. The van der Waals surface area contributed by atoms with Gasteiger partial charge in [0.25, 0.3) is 0 Å². The van der Waals surface area contributed by atoms with Crippen molar-refractivity contribution in [3.8, 4) is 17.1 Å². The van der Waals surface area contributed by atoms with Crippen LogP contribution in [-0.4, -0.2) is 7.11 Å². The summed E-state index contributed by atoms with van der Waals surface area (Å²) in [5.41, 5.74) is 0.673. The first kappa shape index (κ1) is 8.81. The Kier molecular flexibility index (Phi) is 2.23. The lowest BCUT2D eigenvalue weighted by atomic mass is 10.1. The van der Waals surface area contributed by atoms with Gasteiger partial charge < -0.3 is 9.15 Å². The summed E-state index contributed by atoms with van der Waals surface area (Å²) >= 11 is 0. The van der Waals surface area contributed by atoms with E-state index < -0.39 is 0 Å². The van der Waals surface area contributed by atoms with Gasteiger partial charge in [-0.25, -0.2) is 4.39 Å². The van der Waals surface area contributed by atoms with Crippen molar-refractivity contribution in [1.29, 1.82) is 0 Å². The molecule has 0 saturated carbocycles. The quantitative estimate of drug-likeness (QED) is 0.729. The fraction of sp³-hybridized carbons (Fsp3) is 0.0909. The van der Waals surface area contributed by atoms with Gasteiger partial charge in [-0.05, 0) is 12.1 Å². The highest BCUT2D eigenvalue weighted by molar-refractivity contribution is 5.60. The van der Waals surface area contributed by atoms with Crippen molar-refractivity contribution in [2.24, 2.45) is 0 Å². The molecule has 0 fully saturated rings. The number of halogens is 1. The van der Waals surface area contributed by atoms with Crippen LogP contribution in [0.25, 0.3) is 11.3 Å². The molecule has 14 heavy (non-hydrogen) atoms. The van der Waals surface area contributed by atoms with Crippen LogP contribution >= 0.6 is 0 Å². The number of methoxy groups -OCH3 is 1. The molecule has 0 atom stereocenters. The lowest BCUT2D eigenvalue weighted by Gasteiger charge is -2.01. The summed E-state index contributed by atoms with van der Waals surface area (Å²) in [5, 5.41) is 0. The smallest absolute Gasteiger partial charge is 0.169 e. The monoisotopic (exact) mass is 192 g/mol. The van der Waals surface area contributed by atoms with E-state index in [0.29, 0.717) is 11.3 Å². The van der Waals surface area contributed by atoms with Gasteiger partial charge in [-0.3, -0.25) is 0 Å². The summed E-state index contributed by atoms with van der Waals surface area (Å²) in [7, 11) is 1.57. The maximum Gasteiger partial charge on any atom is 0.169 e. The zero-order valence-corrected chi connectivity index (χ0v) is 7.66. The van der Waals surface area contributed by atoms with Crippen LogP contribution in [0.15, 0.2) is 41.0 Å². The molecular weight excluding hydrogens is 183 g/mol. The molecule has 0 aliphatic rings. The maximum atomic E-state index is 13.1. The van der Waals surface area contributed by atoms with Crippen LogP contribution < -0.4 is 4.74 Å². The minimum Gasteiger partial charge on any atom is -0.497 e. The molecular formula is C11H9FO2. The van der Waals surface area contributed by atoms with Crippen molar-refractivity contribution < 1.29 is 13.5 Å². The van der Waals surface area contributed by atoms with Crippen molar-refractivity contribution in [3.05, 3.63) is 42.4 Å². The van der Waals surface area contributed by atoms with E-state index in [2.05, 4.69) is 0 Å². The number of ether oxygens (including phenoxy) is 1. The summed E-state index contributed by atoms with van der Waals surface area (Å²) in [6, 6.07) is 8.36. The highest BCUT2D eigenvalue weighted by Crippen LogP contribution is 2.26. The lowest BCUT2D eigenvalue weighted by molar-refractivity contribution is 0.414. The van der Waals surface area contributed by atoms with Crippen LogP contribution in [0, 0.1) is 5.82 Å². The minimum atomic E-state index is -0.363. The van der Waals surface area contributed by atoms with Gasteiger partial charge >= 0.3 is 0 Å². The van der Waals surface area contributed by atoms with Crippen LogP contribution in [0.4, 0.5) is 4.39 Å². The summed E-state index contributed by atoms with van der Waals surface area (Å²) in [6.45, 7) is 0. The molecule has 0 spiro atoms. The fourth-order valence-corrected chi connectivity index (χ4v) is 1.26. The molecule has 1 aromatic heterocycles. The van der Waals surface area contributed by atoms with Crippen LogP contribution in [0.3, 0.4) is 0 Å². The predicted molar refractivity (Wildman–Crippen MR) is 50.7 cm³/mol. The number of hydrogen-bond donors (Lipinski definition) is 0. The highest BCUT2D eigenvalue weighted by atomic mass is 19.1.